The average Bonchev–Trinajstić information content (AvgIpc) is 3.58. The van der Waals surface area contributed by atoms with E-state index in [4.69, 9.17) is 38.4 Å². The molecule has 1 fully saturated rings. The third-order valence-electron chi connectivity index (χ3n) is 14.1. The number of carbonyl (C=O) groups excluding carboxylic acids is 2. The fourth-order valence-corrected chi connectivity index (χ4v) is 11.0. The standard InChI is InChI=1S/C53H58Cl2N4O6/c1-33(32-65-47-18-23-57-46-12-3-7-34(2)49(46)47)25-39-27-37-14-16-42(30-44(37)52(39)19-21-53(22-20-52,51(62)63)59-41-11-5-10-40(54)29-41)64-24-6-13-48(60)58-31-35-8-4-9-36(26-35)43-28-38(50(56)61)15-17-45(43)55/h4-5,8-11,14-18,23,26,28-30,33-34,39,59H,3,6-7,12-13,19-22,24-25,27,31-32H2,1-2H3,(H2,56,61)(H,58,60)(H,62,63)/t33-,34-,39+,52?,53?/m1/s1. The van der Waals surface area contributed by atoms with Crippen LogP contribution in [0.4, 0.5) is 5.69 Å². The number of rotatable bonds is 17. The van der Waals surface area contributed by atoms with Crippen LogP contribution in [0.3, 0.4) is 0 Å². The number of benzene rings is 4. The second-order valence-corrected chi connectivity index (χ2v) is 19.3. The van der Waals surface area contributed by atoms with Gasteiger partial charge in [0.15, 0.2) is 0 Å². The quantitative estimate of drug-likeness (QED) is 0.0673. The molecule has 1 saturated carbocycles. The Hall–Kier alpha value is -5.58. The molecule has 0 unspecified atom stereocenters. The van der Waals surface area contributed by atoms with E-state index in [9.17, 15) is 19.5 Å². The Bertz CT molecular complexity index is 2560. The SMILES string of the molecule is C[C@@H](COc1ccnc2c1[C@H](C)CCC2)C[C@H]1Cc2ccc(OCCCC(=O)NCc3cccc(-c4cc(C(N)=O)ccc4Cl)c3)cc2C12CCC(Nc1cccc(Cl)c1)(C(=O)O)CC2. The van der Waals surface area contributed by atoms with Gasteiger partial charge in [0, 0.05) is 57.3 Å². The molecule has 8 rings (SSSR count). The molecular formula is C53H58Cl2N4O6. The Morgan fingerprint density at radius 1 is 0.954 bits per heavy atom. The number of ether oxygens (including phenoxy) is 2. The topological polar surface area (TPSA) is 153 Å². The van der Waals surface area contributed by atoms with Gasteiger partial charge < -0.3 is 30.9 Å². The van der Waals surface area contributed by atoms with Crippen molar-refractivity contribution < 1.29 is 29.0 Å². The number of hydrogen-bond acceptors (Lipinski definition) is 7. The second kappa shape index (κ2) is 19.9. The number of carboxylic acid groups (broad SMARTS) is 1. The van der Waals surface area contributed by atoms with Crippen molar-refractivity contribution in [2.75, 3.05) is 18.5 Å². The van der Waals surface area contributed by atoms with Crippen LogP contribution in [0.5, 0.6) is 11.5 Å². The second-order valence-electron chi connectivity index (χ2n) is 18.5. The molecule has 65 heavy (non-hydrogen) atoms. The minimum atomic E-state index is -1.13. The number of nitrogens with one attached hydrogen (secondary N) is 2. The highest BCUT2D eigenvalue weighted by Gasteiger charge is 2.54. The largest absolute Gasteiger partial charge is 0.494 e. The Kier molecular flexibility index (Phi) is 14.1. The number of carbonyl (C=O) groups is 3. The maximum atomic E-state index is 13.1. The number of aromatic nitrogens is 1. The van der Waals surface area contributed by atoms with Crippen LogP contribution in [0.1, 0.15) is 116 Å². The number of primary amides is 1. The monoisotopic (exact) mass is 916 g/mol. The molecule has 3 aliphatic rings. The van der Waals surface area contributed by atoms with E-state index < -0.39 is 17.4 Å². The van der Waals surface area contributed by atoms with Gasteiger partial charge in [-0.3, -0.25) is 14.6 Å². The average molecular weight is 918 g/mol. The summed E-state index contributed by atoms with van der Waals surface area (Å²) in [6.45, 7) is 5.83. The van der Waals surface area contributed by atoms with E-state index >= 15 is 0 Å². The number of aliphatic carboxylic acids is 1. The van der Waals surface area contributed by atoms with Crippen molar-refractivity contribution in [1.82, 2.24) is 10.3 Å². The van der Waals surface area contributed by atoms with E-state index in [0.717, 1.165) is 60.4 Å². The molecule has 4 aromatic carbocycles. The fraction of sp³-hybridized carbons (Fsp3) is 0.396. The first kappa shape index (κ1) is 46.0. The maximum Gasteiger partial charge on any atom is 0.329 e. The molecule has 0 aliphatic heterocycles. The normalized spacial score (nSPS) is 21.5. The third kappa shape index (κ3) is 10.3. The summed E-state index contributed by atoms with van der Waals surface area (Å²) in [5.41, 5.74) is 12.5. The van der Waals surface area contributed by atoms with Gasteiger partial charge in [0.1, 0.15) is 17.0 Å². The predicted octanol–water partition coefficient (Wildman–Crippen LogP) is 11.1. The van der Waals surface area contributed by atoms with Crippen LogP contribution in [-0.2, 0) is 34.4 Å². The van der Waals surface area contributed by atoms with Crippen molar-refractivity contribution in [3.8, 4) is 22.6 Å². The number of carboxylic acids is 1. The summed E-state index contributed by atoms with van der Waals surface area (Å²) in [7, 11) is 0. The van der Waals surface area contributed by atoms with Crippen LogP contribution in [0.15, 0.2) is 97.2 Å². The molecule has 0 bridgehead atoms. The first-order valence-corrected chi connectivity index (χ1v) is 23.7. The van der Waals surface area contributed by atoms with Crippen molar-refractivity contribution in [3.05, 3.63) is 141 Å². The molecule has 3 aliphatic carbocycles. The molecule has 1 aromatic heterocycles. The van der Waals surface area contributed by atoms with Crippen LogP contribution in [0, 0.1) is 11.8 Å². The molecule has 2 amide bonds. The number of aryl methyl sites for hydroxylation is 1. The van der Waals surface area contributed by atoms with E-state index in [0.29, 0.717) is 91.1 Å². The molecule has 0 radical (unpaired) electrons. The molecule has 1 spiro atoms. The van der Waals surface area contributed by atoms with Crippen molar-refractivity contribution in [3.63, 3.8) is 0 Å². The zero-order chi connectivity index (χ0) is 45.7. The van der Waals surface area contributed by atoms with Crippen molar-refractivity contribution >= 4 is 46.7 Å². The lowest BCUT2D eigenvalue weighted by Crippen LogP contribution is -2.53. The summed E-state index contributed by atoms with van der Waals surface area (Å²) >= 11 is 12.8. The highest BCUT2D eigenvalue weighted by atomic mass is 35.5. The number of nitrogens with two attached hydrogens (primary N) is 1. The van der Waals surface area contributed by atoms with Crippen molar-refractivity contribution in [2.45, 2.75) is 108 Å². The van der Waals surface area contributed by atoms with Crippen LogP contribution < -0.4 is 25.8 Å². The van der Waals surface area contributed by atoms with Gasteiger partial charge in [-0.25, -0.2) is 4.79 Å². The van der Waals surface area contributed by atoms with Gasteiger partial charge in [0.05, 0.1) is 13.2 Å². The zero-order valence-electron chi connectivity index (χ0n) is 37.1. The summed E-state index contributed by atoms with van der Waals surface area (Å²) in [6.07, 6.45) is 10.1. The zero-order valence-corrected chi connectivity index (χ0v) is 38.6. The molecular weight excluding hydrogens is 860 g/mol. The lowest BCUT2D eigenvalue weighted by molar-refractivity contribution is -0.144. The van der Waals surface area contributed by atoms with E-state index in [1.807, 2.05) is 54.7 Å². The van der Waals surface area contributed by atoms with Crippen molar-refractivity contribution in [1.29, 1.82) is 0 Å². The molecule has 10 nitrogen and oxygen atoms in total. The molecule has 3 atom stereocenters. The Morgan fingerprint density at radius 2 is 1.77 bits per heavy atom. The van der Waals surface area contributed by atoms with E-state index in [1.165, 1.54) is 16.7 Å². The van der Waals surface area contributed by atoms with Gasteiger partial charge in [-0.05, 0) is 170 Å². The van der Waals surface area contributed by atoms with Crippen LogP contribution in [0.25, 0.3) is 11.1 Å². The Balaban J connectivity index is 0.922. The first-order valence-electron chi connectivity index (χ1n) is 22.9. The highest BCUT2D eigenvalue weighted by molar-refractivity contribution is 6.33. The lowest BCUT2D eigenvalue weighted by Gasteiger charge is -2.47. The molecule has 5 N–H and O–H groups in total. The van der Waals surface area contributed by atoms with Gasteiger partial charge in [-0.2, -0.15) is 0 Å². The number of fused-ring (bicyclic) bond motifs is 3. The number of anilines is 1. The molecule has 1 heterocycles. The van der Waals surface area contributed by atoms with Crippen LogP contribution in [0.2, 0.25) is 10.0 Å². The number of amides is 2. The van der Waals surface area contributed by atoms with E-state index in [-0.39, 0.29) is 23.2 Å². The maximum absolute atomic E-state index is 13.1. The van der Waals surface area contributed by atoms with Crippen LogP contribution >= 0.6 is 23.2 Å². The van der Waals surface area contributed by atoms with E-state index in [2.05, 4.69) is 41.6 Å². The highest BCUT2D eigenvalue weighted by Crippen LogP contribution is 2.57. The molecule has 12 heteroatoms. The van der Waals surface area contributed by atoms with Gasteiger partial charge in [0.25, 0.3) is 0 Å². The fourth-order valence-electron chi connectivity index (χ4n) is 10.6. The molecule has 5 aromatic rings. The number of halogens is 2. The number of nitrogens with zero attached hydrogens (tertiary/aromatic N) is 1. The predicted molar refractivity (Wildman–Crippen MR) is 256 cm³/mol. The summed E-state index contributed by atoms with van der Waals surface area (Å²) in [4.78, 5) is 42.5. The summed E-state index contributed by atoms with van der Waals surface area (Å²) in [6, 6.07) is 28.3. The first-order chi connectivity index (χ1) is 31.3. The minimum absolute atomic E-state index is 0.0876. The third-order valence-corrected chi connectivity index (χ3v) is 14.6. The number of pyridine rings is 1. The summed E-state index contributed by atoms with van der Waals surface area (Å²) in [5, 5.41) is 18.2. The van der Waals surface area contributed by atoms with Gasteiger partial charge in [-0.15, -0.1) is 0 Å². The Labute approximate surface area is 391 Å². The minimum Gasteiger partial charge on any atom is -0.494 e. The summed E-state index contributed by atoms with van der Waals surface area (Å²) in [5.74, 6) is 1.20. The molecule has 340 valence electrons. The van der Waals surface area contributed by atoms with Crippen LogP contribution in [-0.4, -0.2) is 46.6 Å². The smallest absolute Gasteiger partial charge is 0.329 e. The van der Waals surface area contributed by atoms with Gasteiger partial charge in [-0.1, -0.05) is 67.4 Å². The summed E-state index contributed by atoms with van der Waals surface area (Å²) < 4.78 is 12.9. The number of hydrogen-bond donors (Lipinski definition) is 4. The Morgan fingerprint density at radius 3 is 2.55 bits per heavy atom. The molecule has 0 saturated heterocycles. The van der Waals surface area contributed by atoms with Crippen molar-refractivity contribution in [2.24, 2.45) is 17.6 Å². The van der Waals surface area contributed by atoms with Gasteiger partial charge in [0.2, 0.25) is 11.8 Å². The van der Waals surface area contributed by atoms with Gasteiger partial charge >= 0.3 is 5.97 Å². The van der Waals surface area contributed by atoms with E-state index in [1.54, 1.807) is 30.3 Å². The lowest BCUT2D eigenvalue weighted by atomic mass is 9.59.